The number of pyridine rings is 1. The molecule has 0 amide bonds. The van der Waals surface area contributed by atoms with E-state index in [1.54, 1.807) is 44.6 Å². The van der Waals surface area contributed by atoms with Crippen LogP contribution in [0.15, 0.2) is 58.5 Å². The van der Waals surface area contributed by atoms with E-state index in [1.807, 2.05) is 57.2 Å². The Balaban J connectivity index is 1.78. The molecule has 0 aliphatic carbocycles. The Labute approximate surface area is 249 Å². The number of rotatable bonds is 9. The van der Waals surface area contributed by atoms with Crippen LogP contribution in [0.4, 0.5) is 5.69 Å². The number of hydrogen-bond acceptors (Lipinski definition) is 8. The van der Waals surface area contributed by atoms with Gasteiger partial charge in [0.15, 0.2) is 10.9 Å². The fourth-order valence-electron chi connectivity index (χ4n) is 4.45. The van der Waals surface area contributed by atoms with Gasteiger partial charge >= 0.3 is 5.97 Å². The van der Waals surface area contributed by atoms with Gasteiger partial charge in [-0.1, -0.05) is 48.5 Å². The van der Waals surface area contributed by atoms with Crippen molar-refractivity contribution in [2.24, 2.45) is 0 Å². The molecular formula is C31H35ClN4O4S. The summed E-state index contributed by atoms with van der Waals surface area (Å²) in [6, 6.07) is 14.5. The van der Waals surface area contributed by atoms with Crippen LogP contribution in [-0.2, 0) is 11.3 Å². The first-order valence-corrected chi connectivity index (χ1v) is 14.7. The van der Waals surface area contributed by atoms with E-state index in [0.29, 0.717) is 28.3 Å². The molecule has 0 radical (unpaired) electrons. The number of anilines is 1. The molecule has 0 unspecified atom stereocenters. The largest absolute Gasteiger partial charge is 0.497 e. The number of carbonyl (C=O) groups is 1. The highest BCUT2D eigenvalue weighted by Crippen LogP contribution is 2.30. The van der Waals surface area contributed by atoms with Crippen molar-refractivity contribution in [1.82, 2.24) is 14.5 Å². The van der Waals surface area contributed by atoms with Gasteiger partial charge in [-0.25, -0.2) is 14.8 Å². The molecule has 2 heterocycles. The minimum atomic E-state index is -0.695. The average molecular weight is 595 g/mol. The van der Waals surface area contributed by atoms with Crippen molar-refractivity contribution in [2.45, 2.75) is 64.9 Å². The minimum Gasteiger partial charge on any atom is -0.497 e. The lowest BCUT2D eigenvalue weighted by molar-refractivity contribution is 0.00640. The van der Waals surface area contributed by atoms with Crippen LogP contribution >= 0.6 is 23.4 Å². The van der Waals surface area contributed by atoms with Gasteiger partial charge in [-0.3, -0.25) is 9.36 Å². The first-order valence-electron chi connectivity index (χ1n) is 13.4. The SMILES string of the molecule is CCSc1nc2c([C@@H](C)Nc3ccc(Cl)nc3C(=O)OC(C)(C)C)cc(C)cc2c(=O)n1Cc1ccc(OC)cc1. The lowest BCUT2D eigenvalue weighted by Crippen LogP contribution is -2.26. The summed E-state index contributed by atoms with van der Waals surface area (Å²) in [5.74, 6) is 0.934. The summed E-state index contributed by atoms with van der Waals surface area (Å²) in [7, 11) is 1.63. The minimum absolute atomic E-state index is 0.0910. The van der Waals surface area contributed by atoms with Gasteiger partial charge < -0.3 is 14.8 Å². The molecule has 0 saturated heterocycles. The van der Waals surface area contributed by atoms with E-state index in [-0.39, 0.29) is 22.4 Å². The van der Waals surface area contributed by atoms with Gasteiger partial charge in [-0.05, 0) is 81.8 Å². The maximum Gasteiger partial charge on any atom is 0.359 e. The zero-order valence-corrected chi connectivity index (χ0v) is 25.9. The molecule has 216 valence electrons. The Morgan fingerprint density at radius 1 is 1.12 bits per heavy atom. The molecule has 0 spiro atoms. The maximum atomic E-state index is 13.9. The summed E-state index contributed by atoms with van der Waals surface area (Å²) in [6.07, 6.45) is 0. The molecule has 0 saturated carbocycles. The molecule has 2 aromatic carbocycles. The summed E-state index contributed by atoms with van der Waals surface area (Å²) in [5, 5.41) is 4.74. The number of fused-ring (bicyclic) bond motifs is 1. The van der Waals surface area contributed by atoms with E-state index in [2.05, 4.69) is 10.3 Å². The molecule has 1 N–H and O–H groups in total. The molecule has 4 rings (SSSR count). The van der Waals surface area contributed by atoms with Crippen LogP contribution in [0.1, 0.15) is 67.8 Å². The summed E-state index contributed by atoms with van der Waals surface area (Å²) < 4.78 is 12.6. The topological polar surface area (TPSA) is 95.3 Å². The second-order valence-electron chi connectivity index (χ2n) is 10.7. The zero-order chi connectivity index (χ0) is 29.9. The van der Waals surface area contributed by atoms with Crippen molar-refractivity contribution in [3.05, 3.63) is 86.4 Å². The molecule has 0 fully saturated rings. The molecule has 1 atom stereocenters. The zero-order valence-electron chi connectivity index (χ0n) is 24.4. The molecular weight excluding hydrogens is 560 g/mol. The van der Waals surface area contributed by atoms with Crippen LogP contribution < -0.4 is 15.6 Å². The number of aryl methyl sites for hydroxylation is 1. The number of ether oxygens (including phenoxy) is 2. The third kappa shape index (κ3) is 7.21. The van der Waals surface area contributed by atoms with E-state index in [9.17, 15) is 9.59 Å². The normalized spacial score (nSPS) is 12.3. The number of aromatic nitrogens is 3. The van der Waals surface area contributed by atoms with Crippen molar-refractivity contribution < 1.29 is 14.3 Å². The lowest BCUT2D eigenvalue weighted by atomic mass is 10.0. The molecule has 8 nitrogen and oxygen atoms in total. The highest BCUT2D eigenvalue weighted by molar-refractivity contribution is 7.99. The Morgan fingerprint density at radius 2 is 1.83 bits per heavy atom. The molecule has 2 aromatic heterocycles. The molecule has 10 heteroatoms. The van der Waals surface area contributed by atoms with Crippen LogP contribution in [0.25, 0.3) is 10.9 Å². The summed E-state index contributed by atoms with van der Waals surface area (Å²) in [4.78, 5) is 36.1. The van der Waals surface area contributed by atoms with Crippen LogP contribution in [0, 0.1) is 6.92 Å². The second-order valence-corrected chi connectivity index (χ2v) is 12.3. The summed E-state index contributed by atoms with van der Waals surface area (Å²) in [5.41, 5.74) is 3.10. The van der Waals surface area contributed by atoms with Crippen molar-refractivity contribution in [1.29, 1.82) is 0 Å². The molecule has 0 aliphatic rings. The third-order valence-electron chi connectivity index (χ3n) is 6.26. The second kappa shape index (κ2) is 12.5. The molecule has 41 heavy (non-hydrogen) atoms. The van der Waals surface area contributed by atoms with Gasteiger partial charge in [0.1, 0.15) is 16.5 Å². The van der Waals surface area contributed by atoms with Crippen molar-refractivity contribution in [3.8, 4) is 5.75 Å². The average Bonchev–Trinajstić information content (AvgIpc) is 2.91. The standard InChI is InChI=1S/C31H35ClN4O4S/c1-8-41-30-35-26-22(19(3)33-24-13-14-25(32)34-27(24)29(38)40-31(4,5)6)15-18(2)16-23(26)28(37)36(30)17-20-9-11-21(39-7)12-10-20/h9-16,19,33H,8,17H2,1-7H3/t19-/m1/s1. The Morgan fingerprint density at radius 3 is 2.46 bits per heavy atom. The molecule has 0 bridgehead atoms. The predicted molar refractivity (Wildman–Crippen MR) is 166 cm³/mol. The monoisotopic (exact) mass is 594 g/mol. The highest BCUT2D eigenvalue weighted by Gasteiger charge is 2.24. The number of benzene rings is 2. The lowest BCUT2D eigenvalue weighted by Gasteiger charge is -2.23. The predicted octanol–water partition coefficient (Wildman–Crippen LogP) is 7.05. The van der Waals surface area contributed by atoms with Crippen LogP contribution in [0.2, 0.25) is 5.15 Å². The molecule has 0 aliphatic heterocycles. The van der Waals surface area contributed by atoms with Gasteiger partial charge in [-0.2, -0.15) is 0 Å². The van der Waals surface area contributed by atoms with Crippen molar-refractivity contribution in [2.75, 3.05) is 18.2 Å². The Kier molecular flexibility index (Phi) is 9.29. The number of nitrogens with one attached hydrogen (secondary N) is 1. The van der Waals surface area contributed by atoms with Gasteiger partial charge in [0, 0.05) is 5.56 Å². The fraction of sp³-hybridized carbons (Fsp3) is 0.355. The van der Waals surface area contributed by atoms with Crippen molar-refractivity contribution >= 4 is 45.9 Å². The number of esters is 1. The van der Waals surface area contributed by atoms with Crippen LogP contribution in [0.5, 0.6) is 5.75 Å². The first kappa shape index (κ1) is 30.4. The number of hydrogen-bond donors (Lipinski definition) is 1. The van der Waals surface area contributed by atoms with Crippen molar-refractivity contribution in [3.63, 3.8) is 0 Å². The maximum absolute atomic E-state index is 13.9. The number of methoxy groups -OCH3 is 1. The van der Waals surface area contributed by atoms with Crippen LogP contribution in [-0.4, -0.2) is 39.0 Å². The van der Waals surface area contributed by atoms with E-state index in [1.165, 1.54) is 11.8 Å². The van der Waals surface area contributed by atoms with E-state index < -0.39 is 11.6 Å². The quantitative estimate of drug-likeness (QED) is 0.0953. The van der Waals surface area contributed by atoms with Gasteiger partial charge in [0.05, 0.1) is 36.3 Å². The van der Waals surface area contributed by atoms with Gasteiger partial charge in [0.2, 0.25) is 0 Å². The number of thioether (sulfide) groups is 1. The number of nitrogens with zero attached hydrogens (tertiary/aromatic N) is 3. The Bertz CT molecular complexity index is 1630. The first-order chi connectivity index (χ1) is 19.4. The van der Waals surface area contributed by atoms with E-state index in [0.717, 1.165) is 28.2 Å². The summed E-state index contributed by atoms with van der Waals surface area (Å²) >= 11 is 7.66. The van der Waals surface area contributed by atoms with Crippen LogP contribution in [0.3, 0.4) is 0 Å². The van der Waals surface area contributed by atoms with Gasteiger partial charge in [0.25, 0.3) is 5.56 Å². The van der Waals surface area contributed by atoms with Gasteiger partial charge in [-0.15, -0.1) is 0 Å². The van der Waals surface area contributed by atoms with E-state index in [4.69, 9.17) is 26.1 Å². The fourth-order valence-corrected chi connectivity index (χ4v) is 5.31. The van der Waals surface area contributed by atoms with E-state index >= 15 is 0 Å². The molecule has 4 aromatic rings. The third-order valence-corrected chi connectivity index (χ3v) is 7.33. The smallest absolute Gasteiger partial charge is 0.359 e. The Hall–Kier alpha value is -3.56. The highest BCUT2D eigenvalue weighted by atomic mass is 35.5. The number of halogens is 1. The summed E-state index contributed by atoms with van der Waals surface area (Å²) in [6.45, 7) is 11.7. The number of carbonyl (C=O) groups excluding carboxylic acids is 1.